The lowest BCUT2D eigenvalue weighted by molar-refractivity contribution is -0.384. The van der Waals surface area contributed by atoms with Crippen LogP contribution in [0.4, 0.5) is 11.4 Å². The molecule has 0 aromatic heterocycles. The zero-order valence-electron chi connectivity index (χ0n) is 9.72. The van der Waals surface area contributed by atoms with Crippen LogP contribution in [0.25, 0.3) is 0 Å². The molecule has 17 heavy (non-hydrogen) atoms. The second kappa shape index (κ2) is 4.71. The Bertz CT molecular complexity index is 434. The molecule has 92 valence electrons. The second-order valence-electron chi connectivity index (χ2n) is 4.53. The number of hydrogen-bond donors (Lipinski definition) is 2. The number of aryl methyl sites for hydroxylation is 1. The average Bonchev–Trinajstić information content (AvgIpc) is 2.67. The molecule has 0 aliphatic heterocycles. The maximum absolute atomic E-state index is 10.9. The van der Waals surface area contributed by atoms with Crippen molar-refractivity contribution in [2.45, 2.75) is 38.3 Å². The second-order valence-corrected chi connectivity index (χ2v) is 4.53. The van der Waals surface area contributed by atoms with Gasteiger partial charge in [0.2, 0.25) is 0 Å². The molecule has 0 spiro atoms. The van der Waals surface area contributed by atoms with E-state index in [1.54, 1.807) is 12.1 Å². The van der Waals surface area contributed by atoms with Crippen LogP contribution in [-0.2, 0) is 0 Å². The molecule has 2 atom stereocenters. The largest absolute Gasteiger partial charge is 0.391 e. The van der Waals surface area contributed by atoms with Crippen molar-refractivity contribution in [2.24, 2.45) is 0 Å². The van der Waals surface area contributed by atoms with Crippen LogP contribution in [0.3, 0.4) is 0 Å². The summed E-state index contributed by atoms with van der Waals surface area (Å²) in [6, 6.07) is 5.01. The van der Waals surface area contributed by atoms with Gasteiger partial charge in [-0.25, -0.2) is 0 Å². The Morgan fingerprint density at radius 1 is 1.47 bits per heavy atom. The molecule has 1 fully saturated rings. The fraction of sp³-hybridized carbons (Fsp3) is 0.500. The zero-order valence-corrected chi connectivity index (χ0v) is 9.72. The minimum absolute atomic E-state index is 0.0728. The van der Waals surface area contributed by atoms with Gasteiger partial charge >= 0.3 is 0 Å². The monoisotopic (exact) mass is 236 g/mol. The molecule has 5 heteroatoms. The molecule has 1 aromatic rings. The van der Waals surface area contributed by atoms with E-state index in [9.17, 15) is 15.2 Å². The molecule has 5 nitrogen and oxygen atoms in total. The lowest BCUT2D eigenvalue weighted by atomic mass is 10.1. The molecule has 1 aliphatic carbocycles. The molecule has 0 amide bonds. The highest BCUT2D eigenvalue weighted by atomic mass is 16.6. The highest BCUT2D eigenvalue weighted by molar-refractivity contribution is 5.63. The van der Waals surface area contributed by atoms with Crippen molar-refractivity contribution in [3.8, 4) is 0 Å². The smallest absolute Gasteiger partial charge is 0.292 e. The van der Waals surface area contributed by atoms with Gasteiger partial charge in [0, 0.05) is 6.07 Å². The molecule has 0 saturated heterocycles. The van der Waals surface area contributed by atoms with E-state index in [4.69, 9.17) is 0 Å². The van der Waals surface area contributed by atoms with E-state index < -0.39 is 11.0 Å². The molecule has 0 radical (unpaired) electrons. The van der Waals surface area contributed by atoms with E-state index >= 15 is 0 Å². The van der Waals surface area contributed by atoms with E-state index in [1.165, 1.54) is 0 Å². The molecular weight excluding hydrogens is 220 g/mol. The third kappa shape index (κ3) is 2.55. The number of aliphatic hydroxyl groups excluding tert-OH is 1. The van der Waals surface area contributed by atoms with Crippen molar-refractivity contribution < 1.29 is 10.0 Å². The summed E-state index contributed by atoms with van der Waals surface area (Å²) < 4.78 is 0. The predicted molar refractivity (Wildman–Crippen MR) is 65.1 cm³/mol. The van der Waals surface area contributed by atoms with Crippen molar-refractivity contribution in [2.75, 3.05) is 5.32 Å². The normalized spacial score (nSPS) is 23.6. The van der Waals surface area contributed by atoms with E-state index in [1.807, 2.05) is 13.0 Å². The highest BCUT2D eigenvalue weighted by Gasteiger charge is 2.27. The molecular formula is C12H16N2O3. The van der Waals surface area contributed by atoms with Crippen LogP contribution in [-0.4, -0.2) is 22.2 Å². The van der Waals surface area contributed by atoms with Gasteiger partial charge < -0.3 is 10.4 Å². The summed E-state index contributed by atoms with van der Waals surface area (Å²) in [6.07, 6.45) is 2.16. The Hall–Kier alpha value is -1.62. The van der Waals surface area contributed by atoms with Crippen molar-refractivity contribution >= 4 is 11.4 Å². The number of aliphatic hydroxyl groups is 1. The van der Waals surface area contributed by atoms with Crippen LogP contribution < -0.4 is 5.32 Å². The quantitative estimate of drug-likeness (QED) is 0.623. The number of benzene rings is 1. The lowest BCUT2D eigenvalue weighted by Gasteiger charge is -2.17. The highest BCUT2D eigenvalue weighted by Crippen LogP contribution is 2.29. The van der Waals surface area contributed by atoms with Gasteiger partial charge in [-0.15, -0.1) is 0 Å². The van der Waals surface area contributed by atoms with Crippen LogP contribution in [0.15, 0.2) is 18.2 Å². The lowest BCUT2D eigenvalue weighted by Crippen LogP contribution is -2.28. The van der Waals surface area contributed by atoms with Crippen molar-refractivity contribution in [1.29, 1.82) is 0 Å². The van der Waals surface area contributed by atoms with Gasteiger partial charge in [-0.2, -0.15) is 0 Å². The topological polar surface area (TPSA) is 75.4 Å². The van der Waals surface area contributed by atoms with Gasteiger partial charge in [-0.1, -0.05) is 6.07 Å². The van der Waals surface area contributed by atoms with Gasteiger partial charge in [-0.3, -0.25) is 10.1 Å². The van der Waals surface area contributed by atoms with Crippen LogP contribution in [0.5, 0.6) is 0 Å². The van der Waals surface area contributed by atoms with Gasteiger partial charge in [-0.05, 0) is 37.8 Å². The number of anilines is 1. The first kappa shape index (κ1) is 11.9. The summed E-state index contributed by atoms with van der Waals surface area (Å²) >= 11 is 0. The van der Waals surface area contributed by atoms with Crippen LogP contribution in [0, 0.1) is 17.0 Å². The van der Waals surface area contributed by atoms with Gasteiger partial charge in [0.15, 0.2) is 0 Å². The summed E-state index contributed by atoms with van der Waals surface area (Å²) in [6.45, 7) is 1.82. The Labute approximate surface area is 99.6 Å². The fourth-order valence-electron chi connectivity index (χ4n) is 2.22. The van der Waals surface area contributed by atoms with E-state index in [0.717, 1.165) is 24.8 Å². The summed E-state index contributed by atoms with van der Waals surface area (Å²) in [5.74, 6) is 0. The number of nitrogens with zero attached hydrogens (tertiary/aromatic N) is 1. The van der Waals surface area contributed by atoms with E-state index in [-0.39, 0.29) is 11.7 Å². The fourth-order valence-corrected chi connectivity index (χ4v) is 2.22. The van der Waals surface area contributed by atoms with E-state index in [2.05, 4.69) is 5.32 Å². The Morgan fingerprint density at radius 2 is 2.24 bits per heavy atom. The van der Waals surface area contributed by atoms with Gasteiger partial charge in [0.1, 0.15) is 5.69 Å². The minimum Gasteiger partial charge on any atom is -0.391 e. The summed E-state index contributed by atoms with van der Waals surface area (Å²) in [7, 11) is 0. The molecule has 2 rings (SSSR count). The zero-order chi connectivity index (χ0) is 12.4. The Morgan fingerprint density at radius 3 is 2.82 bits per heavy atom. The summed E-state index contributed by atoms with van der Waals surface area (Å²) in [4.78, 5) is 10.5. The number of rotatable bonds is 3. The summed E-state index contributed by atoms with van der Waals surface area (Å²) in [5, 5.41) is 23.7. The Kier molecular flexibility index (Phi) is 3.28. The van der Waals surface area contributed by atoms with E-state index in [0.29, 0.717) is 5.69 Å². The molecule has 1 aromatic carbocycles. The standard InChI is InChI=1S/C12H16N2O3/c1-8-5-6-9(11(7-8)14(16)17)13-10-3-2-4-12(10)15/h5-7,10,12-13,15H,2-4H2,1H3. The molecule has 0 heterocycles. The van der Waals surface area contributed by atoms with Crippen molar-refractivity contribution in [1.82, 2.24) is 0 Å². The molecule has 1 aliphatic rings. The molecule has 0 bridgehead atoms. The number of hydrogen-bond acceptors (Lipinski definition) is 4. The SMILES string of the molecule is Cc1ccc(NC2CCCC2O)c([N+](=O)[O-])c1. The van der Waals surface area contributed by atoms with Crippen molar-refractivity contribution in [3.05, 3.63) is 33.9 Å². The molecule has 1 saturated carbocycles. The third-order valence-corrected chi connectivity index (χ3v) is 3.17. The molecule has 2 N–H and O–H groups in total. The third-order valence-electron chi connectivity index (χ3n) is 3.17. The minimum atomic E-state index is -0.407. The first-order chi connectivity index (χ1) is 8.08. The average molecular weight is 236 g/mol. The Balaban J connectivity index is 2.22. The first-order valence-electron chi connectivity index (χ1n) is 5.77. The predicted octanol–water partition coefficient (Wildman–Crippen LogP) is 2.23. The number of nitro groups is 1. The summed E-state index contributed by atoms with van der Waals surface area (Å²) in [5.41, 5.74) is 1.42. The van der Waals surface area contributed by atoms with Gasteiger partial charge in [0.25, 0.3) is 5.69 Å². The first-order valence-corrected chi connectivity index (χ1v) is 5.77. The number of nitro benzene ring substituents is 1. The van der Waals surface area contributed by atoms with Crippen LogP contribution >= 0.6 is 0 Å². The van der Waals surface area contributed by atoms with Crippen LogP contribution in [0.1, 0.15) is 24.8 Å². The number of nitrogens with one attached hydrogen (secondary N) is 1. The van der Waals surface area contributed by atoms with Crippen LogP contribution in [0.2, 0.25) is 0 Å². The maximum atomic E-state index is 10.9. The van der Waals surface area contributed by atoms with Crippen molar-refractivity contribution in [3.63, 3.8) is 0 Å². The maximum Gasteiger partial charge on any atom is 0.292 e. The van der Waals surface area contributed by atoms with Gasteiger partial charge in [0.05, 0.1) is 17.1 Å². The molecule has 2 unspecified atom stereocenters.